The number of fused-ring (bicyclic) bond motifs is 1. The van der Waals surface area contributed by atoms with Crippen molar-refractivity contribution < 1.29 is 19.2 Å². The second-order valence-electron chi connectivity index (χ2n) is 5.69. The van der Waals surface area contributed by atoms with Gasteiger partial charge in [0.1, 0.15) is 0 Å². The van der Waals surface area contributed by atoms with E-state index in [1.54, 1.807) is 17.9 Å². The molecule has 0 fully saturated rings. The van der Waals surface area contributed by atoms with Gasteiger partial charge in [0.05, 0.1) is 24.3 Å². The number of carbonyl (C=O) groups is 2. The van der Waals surface area contributed by atoms with Gasteiger partial charge in [-0.1, -0.05) is 17.4 Å². The molecule has 1 aromatic heterocycles. The maximum Gasteiger partial charge on any atom is 0.413 e. The molecule has 0 saturated heterocycles. The number of benzene rings is 1. The van der Waals surface area contributed by atoms with Gasteiger partial charge in [0, 0.05) is 35.0 Å². The molecule has 0 saturated carbocycles. The Morgan fingerprint density at radius 3 is 2.88 bits per heavy atom. The molecule has 1 aromatic carbocycles. The lowest BCUT2D eigenvalue weighted by atomic mass is 10.0. The molecule has 2 amide bonds. The Hall–Kier alpha value is -3.01. The number of thiazole rings is 1. The number of anilines is 1. The van der Waals surface area contributed by atoms with Crippen molar-refractivity contribution in [1.82, 2.24) is 9.88 Å². The molecule has 3 rings (SSSR count). The summed E-state index contributed by atoms with van der Waals surface area (Å²) in [6.07, 6.45) is -0.0507. The van der Waals surface area contributed by atoms with Gasteiger partial charge in [0.15, 0.2) is 5.13 Å². The molecule has 26 heavy (non-hydrogen) atoms. The topological polar surface area (TPSA) is 115 Å². The second kappa shape index (κ2) is 7.08. The Morgan fingerprint density at radius 2 is 2.19 bits per heavy atom. The van der Waals surface area contributed by atoms with Crippen molar-refractivity contribution in [3.8, 4) is 0 Å². The first-order valence-electron chi connectivity index (χ1n) is 7.77. The smallest absolute Gasteiger partial charge is 0.413 e. The highest BCUT2D eigenvalue weighted by atomic mass is 32.1. The molecule has 0 bridgehead atoms. The predicted octanol–water partition coefficient (Wildman–Crippen LogP) is 2.74. The van der Waals surface area contributed by atoms with E-state index in [4.69, 9.17) is 0 Å². The fourth-order valence-corrected chi connectivity index (χ4v) is 3.79. The number of hydrogen-bond donors (Lipinski definition) is 1. The van der Waals surface area contributed by atoms with E-state index in [0.29, 0.717) is 35.8 Å². The minimum absolute atomic E-state index is 0.0732. The van der Waals surface area contributed by atoms with Crippen molar-refractivity contribution in [2.75, 3.05) is 19.0 Å². The molecule has 1 aliphatic rings. The maximum absolute atomic E-state index is 12.8. The number of carbonyl (C=O) groups excluding carboxylic acids is 2. The first-order valence-corrected chi connectivity index (χ1v) is 8.59. The molecule has 1 N–H and O–H groups in total. The summed E-state index contributed by atoms with van der Waals surface area (Å²) in [5.74, 6) is -0.257. The van der Waals surface area contributed by atoms with Gasteiger partial charge in [0.25, 0.3) is 11.6 Å². The monoisotopic (exact) mass is 376 g/mol. The van der Waals surface area contributed by atoms with E-state index >= 15 is 0 Å². The highest BCUT2D eigenvalue weighted by Gasteiger charge is 2.27. The Kier molecular flexibility index (Phi) is 4.85. The Labute approximate surface area is 152 Å². The Bertz CT molecular complexity index is 895. The van der Waals surface area contributed by atoms with Gasteiger partial charge >= 0.3 is 6.09 Å². The fraction of sp³-hybridized carbons (Fsp3) is 0.312. The minimum atomic E-state index is -0.601. The molecule has 10 heteroatoms. The van der Waals surface area contributed by atoms with Crippen LogP contribution in [0.1, 0.15) is 26.5 Å². The molecule has 9 nitrogen and oxygen atoms in total. The van der Waals surface area contributed by atoms with Crippen LogP contribution in [0.2, 0.25) is 0 Å². The van der Waals surface area contributed by atoms with Gasteiger partial charge in [0.2, 0.25) is 0 Å². The van der Waals surface area contributed by atoms with E-state index in [1.165, 1.54) is 30.6 Å². The van der Waals surface area contributed by atoms with Crippen molar-refractivity contribution in [3.05, 3.63) is 50.0 Å². The maximum atomic E-state index is 12.8. The van der Waals surface area contributed by atoms with Crippen LogP contribution in [0.3, 0.4) is 0 Å². The third-order valence-corrected chi connectivity index (χ3v) is 5.14. The van der Waals surface area contributed by atoms with Crippen LogP contribution in [0.15, 0.2) is 18.2 Å². The number of nitrogens with one attached hydrogen (secondary N) is 1. The lowest BCUT2D eigenvalue weighted by Crippen LogP contribution is -2.35. The molecule has 0 radical (unpaired) electrons. The summed E-state index contributed by atoms with van der Waals surface area (Å²) in [7, 11) is 1.27. The van der Waals surface area contributed by atoms with Crippen LogP contribution in [0.25, 0.3) is 0 Å². The van der Waals surface area contributed by atoms with Gasteiger partial charge < -0.3 is 9.64 Å². The number of nitro benzene ring substituents is 1. The van der Waals surface area contributed by atoms with E-state index in [-0.39, 0.29) is 11.6 Å². The molecular formula is C16H16N4O5S. The summed E-state index contributed by atoms with van der Waals surface area (Å²) in [6, 6.07) is 4.49. The third-order valence-electron chi connectivity index (χ3n) is 4.15. The zero-order chi connectivity index (χ0) is 18.8. The lowest BCUT2D eigenvalue weighted by molar-refractivity contribution is -0.385. The van der Waals surface area contributed by atoms with Gasteiger partial charge in [-0.2, -0.15) is 0 Å². The van der Waals surface area contributed by atoms with Crippen LogP contribution < -0.4 is 5.32 Å². The molecule has 2 heterocycles. The van der Waals surface area contributed by atoms with Crippen LogP contribution in [0.5, 0.6) is 0 Å². The van der Waals surface area contributed by atoms with Crippen molar-refractivity contribution in [3.63, 3.8) is 0 Å². The molecular weight excluding hydrogens is 360 g/mol. The molecule has 0 aliphatic carbocycles. The first kappa shape index (κ1) is 17.8. The number of methoxy groups -OCH3 is 1. The Balaban J connectivity index is 1.81. The van der Waals surface area contributed by atoms with Gasteiger partial charge in [-0.05, 0) is 13.0 Å². The van der Waals surface area contributed by atoms with E-state index in [2.05, 4.69) is 15.0 Å². The van der Waals surface area contributed by atoms with Crippen LogP contribution in [-0.2, 0) is 17.7 Å². The van der Waals surface area contributed by atoms with Crippen molar-refractivity contribution >= 4 is 34.2 Å². The third kappa shape index (κ3) is 3.36. The molecule has 1 aliphatic heterocycles. The summed E-state index contributed by atoms with van der Waals surface area (Å²) in [5.41, 5.74) is 1.43. The van der Waals surface area contributed by atoms with E-state index in [1.807, 2.05) is 0 Å². The number of hydrogen-bond acceptors (Lipinski definition) is 7. The standard InChI is InChI=1S/C16H16N4O5S/c1-9-10(4-3-5-12(9)20(23)24)14(21)19-7-6-11-13(8-19)26-15(17-11)18-16(22)25-2/h3-5H,6-8H2,1-2H3,(H,17,18,22). The average Bonchev–Trinajstić information content (AvgIpc) is 3.02. The van der Waals surface area contributed by atoms with Gasteiger partial charge in [-0.25, -0.2) is 9.78 Å². The van der Waals surface area contributed by atoms with Crippen LogP contribution in [0, 0.1) is 17.0 Å². The number of nitrogens with zero attached hydrogens (tertiary/aromatic N) is 3. The largest absolute Gasteiger partial charge is 0.453 e. The summed E-state index contributed by atoms with van der Waals surface area (Å²) in [6.45, 7) is 2.37. The normalized spacial score (nSPS) is 13.1. The highest BCUT2D eigenvalue weighted by Crippen LogP contribution is 2.30. The van der Waals surface area contributed by atoms with Gasteiger partial charge in [-0.15, -0.1) is 0 Å². The Morgan fingerprint density at radius 1 is 1.42 bits per heavy atom. The van der Waals surface area contributed by atoms with Crippen molar-refractivity contribution in [1.29, 1.82) is 0 Å². The number of rotatable bonds is 3. The van der Waals surface area contributed by atoms with E-state index in [9.17, 15) is 19.7 Å². The fourth-order valence-electron chi connectivity index (χ4n) is 2.78. The predicted molar refractivity (Wildman–Crippen MR) is 94.4 cm³/mol. The van der Waals surface area contributed by atoms with E-state index in [0.717, 1.165) is 10.6 Å². The quantitative estimate of drug-likeness (QED) is 0.651. The van der Waals surface area contributed by atoms with E-state index < -0.39 is 11.0 Å². The molecule has 0 unspecified atom stereocenters. The lowest BCUT2D eigenvalue weighted by Gasteiger charge is -2.26. The first-order chi connectivity index (χ1) is 12.4. The summed E-state index contributed by atoms with van der Waals surface area (Å²) >= 11 is 1.28. The highest BCUT2D eigenvalue weighted by molar-refractivity contribution is 7.15. The SMILES string of the molecule is COC(=O)Nc1nc2c(s1)CN(C(=O)c1cccc([N+](=O)[O-])c1C)CC2. The van der Waals surface area contributed by atoms with Crippen LogP contribution in [0.4, 0.5) is 15.6 Å². The molecule has 136 valence electrons. The average molecular weight is 376 g/mol. The van der Waals surface area contributed by atoms with Crippen molar-refractivity contribution in [2.24, 2.45) is 0 Å². The van der Waals surface area contributed by atoms with Crippen LogP contribution in [-0.4, -0.2) is 40.5 Å². The van der Waals surface area contributed by atoms with Crippen LogP contribution >= 0.6 is 11.3 Å². The second-order valence-corrected chi connectivity index (χ2v) is 6.77. The summed E-state index contributed by atoms with van der Waals surface area (Å²) in [4.78, 5) is 41.6. The summed E-state index contributed by atoms with van der Waals surface area (Å²) in [5, 5.41) is 14.0. The zero-order valence-corrected chi connectivity index (χ0v) is 15.0. The summed E-state index contributed by atoms with van der Waals surface area (Å²) < 4.78 is 4.54. The van der Waals surface area contributed by atoms with Crippen molar-refractivity contribution in [2.45, 2.75) is 19.9 Å². The zero-order valence-electron chi connectivity index (χ0n) is 14.1. The number of aromatic nitrogens is 1. The van der Waals surface area contributed by atoms with Gasteiger partial charge in [-0.3, -0.25) is 20.2 Å². The number of amides is 2. The number of nitro groups is 1. The molecule has 0 spiro atoms. The molecule has 2 aromatic rings. The minimum Gasteiger partial charge on any atom is -0.453 e. The number of ether oxygens (including phenoxy) is 1. The molecule has 0 atom stereocenters.